The second-order valence-corrected chi connectivity index (χ2v) is 6.83. The van der Waals surface area contributed by atoms with Crippen LogP contribution in [0.4, 0.5) is 0 Å². The van der Waals surface area contributed by atoms with Gasteiger partial charge in [0.1, 0.15) is 4.90 Å². The second kappa shape index (κ2) is 4.05. The molecule has 0 saturated carbocycles. The molecule has 0 atom stereocenters. The van der Waals surface area contributed by atoms with Crippen molar-refractivity contribution >= 4 is 46.6 Å². The summed E-state index contributed by atoms with van der Waals surface area (Å²) in [4.78, 5) is 0.160. The van der Waals surface area contributed by atoms with E-state index in [9.17, 15) is 8.42 Å². The summed E-state index contributed by atoms with van der Waals surface area (Å²) in [6.45, 7) is 2.65. The topological polar surface area (TPSA) is 39.1 Å². The van der Waals surface area contributed by atoms with Crippen molar-refractivity contribution in [1.29, 1.82) is 0 Å². The van der Waals surface area contributed by atoms with Gasteiger partial charge in [0, 0.05) is 38.8 Å². The summed E-state index contributed by atoms with van der Waals surface area (Å²) in [6, 6.07) is 5.50. The van der Waals surface area contributed by atoms with E-state index in [-0.39, 0.29) is 4.90 Å². The molecule has 1 aromatic carbocycles. The number of rotatable bonds is 2. The summed E-state index contributed by atoms with van der Waals surface area (Å²) in [5, 5.41) is 0.645. The van der Waals surface area contributed by atoms with Gasteiger partial charge in [-0.3, -0.25) is 0 Å². The molecule has 1 aromatic heterocycles. The molecule has 0 saturated heterocycles. The molecule has 1 heterocycles. The summed E-state index contributed by atoms with van der Waals surface area (Å²) >= 11 is 3.32. The molecule has 0 amide bonds. The third-order valence-electron chi connectivity index (χ3n) is 2.41. The Morgan fingerprint density at radius 3 is 2.69 bits per heavy atom. The Labute approximate surface area is 107 Å². The summed E-state index contributed by atoms with van der Waals surface area (Å²) in [7, 11) is 1.70. The quantitative estimate of drug-likeness (QED) is 0.795. The minimum atomic E-state index is -3.70. The van der Waals surface area contributed by atoms with Crippen LogP contribution >= 0.6 is 26.6 Å². The lowest BCUT2D eigenvalue weighted by atomic mass is 10.2. The van der Waals surface area contributed by atoms with Crippen molar-refractivity contribution in [3.63, 3.8) is 0 Å². The van der Waals surface area contributed by atoms with Crippen molar-refractivity contribution in [2.24, 2.45) is 0 Å². The van der Waals surface area contributed by atoms with E-state index >= 15 is 0 Å². The zero-order chi connectivity index (χ0) is 11.9. The fraction of sp³-hybridized carbons (Fsp3) is 0.200. The minimum absolute atomic E-state index is 0.160. The molecule has 86 valence electrons. The SMILES string of the molecule is CCn1cc(S(=O)(=O)Cl)c2cc(Br)ccc21. The predicted molar refractivity (Wildman–Crippen MR) is 68.4 cm³/mol. The molecule has 0 aliphatic rings. The van der Waals surface area contributed by atoms with E-state index in [2.05, 4.69) is 15.9 Å². The van der Waals surface area contributed by atoms with Crippen LogP contribution in [0.5, 0.6) is 0 Å². The van der Waals surface area contributed by atoms with Crippen LogP contribution in [-0.4, -0.2) is 13.0 Å². The minimum Gasteiger partial charge on any atom is -0.346 e. The smallest absolute Gasteiger partial charge is 0.263 e. The van der Waals surface area contributed by atoms with Crippen LogP contribution in [0.15, 0.2) is 33.8 Å². The van der Waals surface area contributed by atoms with Gasteiger partial charge >= 0.3 is 0 Å². The maximum Gasteiger partial charge on any atom is 0.263 e. The molecule has 0 aliphatic heterocycles. The van der Waals surface area contributed by atoms with E-state index in [0.29, 0.717) is 11.9 Å². The second-order valence-electron chi connectivity index (χ2n) is 3.38. The molecule has 0 bridgehead atoms. The summed E-state index contributed by atoms with van der Waals surface area (Å²) in [6.07, 6.45) is 1.57. The van der Waals surface area contributed by atoms with Crippen molar-refractivity contribution < 1.29 is 8.42 Å². The van der Waals surface area contributed by atoms with E-state index in [0.717, 1.165) is 9.99 Å². The molecule has 0 fully saturated rings. The molecule has 0 aliphatic carbocycles. The normalized spacial score (nSPS) is 12.2. The van der Waals surface area contributed by atoms with Gasteiger partial charge in [-0.1, -0.05) is 15.9 Å². The highest BCUT2D eigenvalue weighted by molar-refractivity contribution is 9.10. The lowest BCUT2D eigenvalue weighted by molar-refractivity contribution is 0.609. The molecule has 2 rings (SSSR count). The summed E-state index contributed by atoms with van der Waals surface area (Å²) in [5.41, 5.74) is 0.866. The summed E-state index contributed by atoms with van der Waals surface area (Å²) in [5.74, 6) is 0. The van der Waals surface area contributed by atoms with Crippen LogP contribution < -0.4 is 0 Å². The fourth-order valence-corrected chi connectivity index (χ4v) is 3.10. The van der Waals surface area contributed by atoms with Gasteiger partial charge in [-0.2, -0.15) is 0 Å². The molecular weight excluding hydrogens is 314 g/mol. The number of nitrogens with zero attached hydrogens (tertiary/aromatic N) is 1. The van der Waals surface area contributed by atoms with Crippen LogP contribution in [0, 0.1) is 0 Å². The van der Waals surface area contributed by atoms with Crippen LogP contribution in [-0.2, 0) is 15.6 Å². The maximum absolute atomic E-state index is 11.4. The molecule has 16 heavy (non-hydrogen) atoms. The van der Waals surface area contributed by atoms with Crippen LogP contribution in [0.25, 0.3) is 10.9 Å². The van der Waals surface area contributed by atoms with Gasteiger partial charge in [-0.15, -0.1) is 0 Å². The number of halogens is 2. The average Bonchev–Trinajstić information content (AvgIpc) is 2.54. The van der Waals surface area contributed by atoms with Crippen LogP contribution in [0.2, 0.25) is 0 Å². The number of aryl methyl sites for hydroxylation is 1. The maximum atomic E-state index is 11.4. The molecular formula is C10H9BrClNO2S. The molecule has 3 nitrogen and oxygen atoms in total. The fourth-order valence-electron chi connectivity index (χ4n) is 1.69. The highest BCUT2D eigenvalue weighted by Gasteiger charge is 2.18. The number of aromatic nitrogens is 1. The monoisotopic (exact) mass is 321 g/mol. The lowest BCUT2D eigenvalue weighted by Gasteiger charge is -1.99. The van der Waals surface area contributed by atoms with Gasteiger partial charge in [-0.25, -0.2) is 8.42 Å². The van der Waals surface area contributed by atoms with Crippen LogP contribution in [0.1, 0.15) is 6.92 Å². The Morgan fingerprint density at radius 1 is 1.44 bits per heavy atom. The Morgan fingerprint density at radius 2 is 2.12 bits per heavy atom. The van der Waals surface area contributed by atoms with E-state index in [1.807, 2.05) is 23.6 Å². The molecule has 0 unspecified atom stereocenters. The highest BCUT2D eigenvalue weighted by Crippen LogP contribution is 2.30. The van der Waals surface area contributed by atoms with Gasteiger partial charge in [0.25, 0.3) is 9.05 Å². The van der Waals surface area contributed by atoms with Crippen molar-refractivity contribution in [1.82, 2.24) is 4.57 Å². The molecule has 0 N–H and O–H groups in total. The van der Waals surface area contributed by atoms with Gasteiger partial charge in [-0.05, 0) is 25.1 Å². The van der Waals surface area contributed by atoms with E-state index in [1.54, 1.807) is 12.3 Å². The van der Waals surface area contributed by atoms with Gasteiger partial charge in [0.2, 0.25) is 0 Å². The van der Waals surface area contributed by atoms with Crippen molar-refractivity contribution in [3.05, 3.63) is 28.9 Å². The summed E-state index contributed by atoms with van der Waals surface area (Å²) < 4.78 is 25.5. The standard InChI is InChI=1S/C10H9BrClNO2S/c1-2-13-6-10(16(12,14)15)8-5-7(11)3-4-9(8)13/h3-6H,2H2,1H3. The van der Waals surface area contributed by atoms with E-state index in [1.165, 1.54) is 0 Å². The zero-order valence-corrected chi connectivity index (χ0v) is 11.6. The third kappa shape index (κ3) is 1.99. The van der Waals surface area contributed by atoms with Gasteiger partial charge < -0.3 is 4.57 Å². The first-order valence-corrected chi connectivity index (χ1v) is 7.76. The Kier molecular flexibility index (Phi) is 3.03. The number of fused-ring (bicyclic) bond motifs is 1. The first-order chi connectivity index (χ1) is 7.43. The average molecular weight is 323 g/mol. The predicted octanol–water partition coefficient (Wildman–Crippen LogP) is 3.35. The Bertz CT molecular complexity index is 648. The van der Waals surface area contributed by atoms with E-state index < -0.39 is 9.05 Å². The number of benzene rings is 1. The van der Waals surface area contributed by atoms with Crippen molar-refractivity contribution in [2.45, 2.75) is 18.4 Å². The first-order valence-electron chi connectivity index (χ1n) is 4.66. The lowest BCUT2D eigenvalue weighted by Crippen LogP contribution is -1.91. The Balaban J connectivity index is 2.90. The number of hydrogen-bond acceptors (Lipinski definition) is 2. The molecule has 0 spiro atoms. The molecule has 2 aromatic rings. The molecule has 0 radical (unpaired) electrons. The largest absolute Gasteiger partial charge is 0.346 e. The third-order valence-corrected chi connectivity index (χ3v) is 4.25. The van der Waals surface area contributed by atoms with Gasteiger partial charge in [0.15, 0.2) is 0 Å². The molecule has 6 heteroatoms. The van der Waals surface area contributed by atoms with Crippen molar-refractivity contribution in [2.75, 3.05) is 0 Å². The zero-order valence-electron chi connectivity index (χ0n) is 8.44. The van der Waals surface area contributed by atoms with Crippen molar-refractivity contribution in [3.8, 4) is 0 Å². The highest BCUT2D eigenvalue weighted by atomic mass is 79.9. The van der Waals surface area contributed by atoms with Gasteiger partial charge in [0.05, 0.1) is 0 Å². The number of hydrogen-bond donors (Lipinski definition) is 0. The van der Waals surface area contributed by atoms with Crippen LogP contribution in [0.3, 0.4) is 0 Å². The Hall–Kier alpha value is -0.520. The van der Waals surface area contributed by atoms with E-state index in [4.69, 9.17) is 10.7 Å². The first kappa shape index (κ1) is 12.0.